The first kappa shape index (κ1) is 16.7. The number of carbonyl (C=O) groups excluding carboxylic acids is 1. The van der Waals surface area contributed by atoms with E-state index in [0.717, 1.165) is 12.8 Å². The van der Waals surface area contributed by atoms with Crippen LogP contribution in [0.3, 0.4) is 0 Å². The first-order valence-electron chi connectivity index (χ1n) is 7.16. The van der Waals surface area contributed by atoms with Crippen LogP contribution in [-0.2, 0) is 14.8 Å². The van der Waals surface area contributed by atoms with Gasteiger partial charge in [0, 0.05) is 18.2 Å². The summed E-state index contributed by atoms with van der Waals surface area (Å²) in [6, 6.07) is 4.54. The Bertz CT molecular complexity index is 641. The van der Waals surface area contributed by atoms with Crippen molar-refractivity contribution in [3.05, 3.63) is 18.2 Å². The van der Waals surface area contributed by atoms with Gasteiger partial charge in [-0.15, -0.1) is 0 Å². The quantitative estimate of drug-likeness (QED) is 0.654. The van der Waals surface area contributed by atoms with E-state index in [1.54, 1.807) is 6.07 Å². The maximum atomic E-state index is 12.4. The van der Waals surface area contributed by atoms with E-state index < -0.39 is 10.0 Å². The molecule has 1 fully saturated rings. The third-order valence-electron chi connectivity index (χ3n) is 3.24. The van der Waals surface area contributed by atoms with Crippen molar-refractivity contribution in [2.24, 2.45) is 5.73 Å². The van der Waals surface area contributed by atoms with Crippen LogP contribution in [0.5, 0.6) is 5.75 Å². The zero-order chi connectivity index (χ0) is 16.2. The van der Waals surface area contributed by atoms with E-state index in [-0.39, 0.29) is 22.6 Å². The summed E-state index contributed by atoms with van der Waals surface area (Å²) in [4.78, 5) is 11.7. The molecule has 1 amide bonds. The fraction of sp³-hybridized carbons (Fsp3) is 0.500. The summed E-state index contributed by atoms with van der Waals surface area (Å²) in [5, 5.41) is 2.67. The van der Waals surface area contributed by atoms with Crippen molar-refractivity contribution in [1.29, 1.82) is 0 Å². The molecule has 7 nitrogen and oxygen atoms in total. The summed E-state index contributed by atoms with van der Waals surface area (Å²) in [6.45, 7) is 0.432. The second-order valence-corrected chi connectivity index (χ2v) is 6.88. The third-order valence-corrected chi connectivity index (χ3v) is 4.79. The molecule has 1 aliphatic rings. The Morgan fingerprint density at radius 1 is 1.41 bits per heavy atom. The van der Waals surface area contributed by atoms with Gasteiger partial charge in [0.15, 0.2) is 0 Å². The number of hydrogen-bond acceptors (Lipinski definition) is 5. The van der Waals surface area contributed by atoms with Gasteiger partial charge in [-0.05, 0) is 44.0 Å². The normalized spacial score (nSPS) is 14.6. The fourth-order valence-electron chi connectivity index (χ4n) is 1.93. The van der Waals surface area contributed by atoms with Crippen LogP contribution < -0.4 is 20.5 Å². The lowest BCUT2D eigenvalue weighted by atomic mass is 10.2. The Kier molecular flexibility index (Phi) is 5.38. The lowest BCUT2D eigenvalue weighted by Crippen LogP contribution is -2.26. The number of benzene rings is 1. The average Bonchev–Trinajstić information content (AvgIpc) is 3.28. The van der Waals surface area contributed by atoms with Crippen LogP contribution in [0.1, 0.15) is 25.7 Å². The van der Waals surface area contributed by atoms with E-state index in [1.807, 2.05) is 0 Å². The second-order valence-electron chi connectivity index (χ2n) is 5.20. The van der Waals surface area contributed by atoms with Crippen LogP contribution in [0.25, 0.3) is 0 Å². The number of amides is 1. The number of nitrogens with two attached hydrogens (primary N) is 1. The van der Waals surface area contributed by atoms with Gasteiger partial charge in [-0.2, -0.15) is 0 Å². The van der Waals surface area contributed by atoms with E-state index in [1.165, 1.54) is 19.2 Å². The molecule has 4 N–H and O–H groups in total. The molecule has 122 valence electrons. The highest BCUT2D eigenvalue weighted by Gasteiger charge is 2.30. The molecule has 0 heterocycles. The van der Waals surface area contributed by atoms with Crippen molar-refractivity contribution in [2.45, 2.75) is 36.6 Å². The van der Waals surface area contributed by atoms with E-state index in [4.69, 9.17) is 10.5 Å². The summed E-state index contributed by atoms with van der Waals surface area (Å²) in [7, 11) is -2.25. The fourth-order valence-corrected chi connectivity index (χ4v) is 3.43. The monoisotopic (exact) mass is 327 g/mol. The third kappa shape index (κ3) is 4.43. The number of rotatable bonds is 8. The lowest BCUT2D eigenvalue weighted by Gasteiger charge is -2.12. The van der Waals surface area contributed by atoms with Crippen molar-refractivity contribution in [2.75, 3.05) is 19.0 Å². The van der Waals surface area contributed by atoms with Crippen molar-refractivity contribution in [3.63, 3.8) is 0 Å². The molecule has 0 unspecified atom stereocenters. The molecule has 0 saturated heterocycles. The second kappa shape index (κ2) is 7.08. The van der Waals surface area contributed by atoms with E-state index >= 15 is 0 Å². The predicted octanol–water partition coefficient (Wildman–Crippen LogP) is 0.813. The molecule has 1 aromatic carbocycles. The molecule has 8 heteroatoms. The van der Waals surface area contributed by atoms with E-state index in [0.29, 0.717) is 25.1 Å². The molecule has 0 atom stereocenters. The molecule has 22 heavy (non-hydrogen) atoms. The molecule has 0 aromatic heterocycles. The van der Waals surface area contributed by atoms with Crippen molar-refractivity contribution in [1.82, 2.24) is 4.72 Å². The maximum Gasteiger partial charge on any atom is 0.244 e. The smallest absolute Gasteiger partial charge is 0.244 e. The molecule has 0 aliphatic heterocycles. The van der Waals surface area contributed by atoms with Gasteiger partial charge in [-0.1, -0.05) is 0 Å². The van der Waals surface area contributed by atoms with Gasteiger partial charge < -0.3 is 15.8 Å². The highest BCUT2D eigenvalue weighted by Crippen LogP contribution is 2.29. The molecule has 1 aliphatic carbocycles. The summed E-state index contributed by atoms with van der Waals surface area (Å²) < 4.78 is 32.4. The minimum atomic E-state index is -3.66. The minimum absolute atomic E-state index is 0.00231. The number of sulfonamides is 1. The van der Waals surface area contributed by atoms with Gasteiger partial charge in [-0.25, -0.2) is 13.1 Å². The van der Waals surface area contributed by atoms with Gasteiger partial charge >= 0.3 is 0 Å². The summed E-state index contributed by atoms with van der Waals surface area (Å²) in [5.41, 5.74) is 5.77. The first-order chi connectivity index (χ1) is 10.5. The van der Waals surface area contributed by atoms with E-state index in [9.17, 15) is 13.2 Å². The summed E-state index contributed by atoms with van der Waals surface area (Å²) in [5.74, 6) is 0.0437. The van der Waals surface area contributed by atoms with E-state index in [2.05, 4.69) is 10.0 Å². The topological polar surface area (TPSA) is 111 Å². The number of ether oxygens (including phenoxy) is 1. The van der Waals surface area contributed by atoms with Crippen LogP contribution in [0.15, 0.2) is 23.1 Å². The molecule has 0 radical (unpaired) electrons. The SMILES string of the molecule is COc1ccc(NC(=O)CCCN)cc1S(=O)(=O)NC1CC1. The van der Waals surface area contributed by atoms with Crippen LogP contribution in [0.4, 0.5) is 5.69 Å². The largest absolute Gasteiger partial charge is 0.495 e. The van der Waals surface area contributed by atoms with Crippen LogP contribution in [0, 0.1) is 0 Å². The van der Waals surface area contributed by atoms with Crippen molar-refractivity contribution in [3.8, 4) is 5.75 Å². The Balaban J connectivity index is 2.20. The van der Waals surface area contributed by atoms with Gasteiger partial charge in [0.25, 0.3) is 0 Å². The molecule has 1 saturated carbocycles. The zero-order valence-electron chi connectivity index (χ0n) is 12.5. The number of carbonyl (C=O) groups is 1. The van der Waals surface area contributed by atoms with Gasteiger partial charge in [0.05, 0.1) is 7.11 Å². The number of methoxy groups -OCH3 is 1. The first-order valence-corrected chi connectivity index (χ1v) is 8.65. The average molecular weight is 327 g/mol. The van der Waals surface area contributed by atoms with Gasteiger partial charge in [0.2, 0.25) is 15.9 Å². The minimum Gasteiger partial charge on any atom is -0.495 e. The number of nitrogens with one attached hydrogen (secondary N) is 2. The molecular formula is C14H21N3O4S. The van der Waals surface area contributed by atoms with Crippen LogP contribution in [-0.4, -0.2) is 34.0 Å². The molecule has 2 rings (SSSR count). The van der Waals surface area contributed by atoms with Gasteiger partial charge in [0.1, 0.15) is 10.6 Å². The maximum absolute atomic E-state index is 12.4. The number of hydrogen-bond donors (Lipinski definition) is 3. The highest BCUT2D eigenvalue weighted by molar-refractivity contribution is 7.89. The van der Waals surface area contributed by atoms with Crippen LogP contribution >= 0.6 is 0 Å². The molecule has 0 bridgehead atoms. The predicted molar refractivity (Wildman–Crippen MR) is 83.3 cm³/mol. The molecule has 1 aromatic rings. The zero-order valence-corrected chi connectivity index (χ0v) is 13.3. The van der Waals surface area contributed by atoms with Crippen molar-refractivity contribution >= 4 is 21.6 Å². The lowest BCUT2D eigenvalue weighted by molar-refractivity contribution is -0.116. The van der Waals surface area contributed by atoms with Crippen LogP contribution in [0.2, 0.25) is 0 Å². The van der Waals surface area contributed by atoms with Crippen molar-refractivity contribution < 1.29 is 17.9 Å². The number of anilines is 1. The standard InChI is InChI=1S/C14H21N3O4S/c1-21-12-7-6-11(16-14(18)3-2-8-15)9-13(12)22(19,20)17-10-4-5-10/h6-7,9-10,17H,2-5,8,15H2,1H3,(H,16,18). The van der Waals surface area contributed by atoms with Gasteiger partial charge in [-0.3, -0.25) is 4.79 Å². The highest BCUT2D eigenvalue weighted by atomic mass is 32.2. The Morgan fingerprint density at radius 3 is 2.73 bits per heavy atom. The summed E-state index contributed by atoms with van der Waals surface area (Å²) in [6.07, 6.45) is 2.56. The Hall–Kier alpha value is -1.64. The molecule has 0 spiro atoms. The Morgan fingerprint density at radius 2 is 2.14 bits per heavy atom. The molecular weight excluding hydrogens is 306 g/mol. The Labute approximate surface area is 130 Å². The summed E-state index contributed by atoms with van der Waals surface area (Å²) >= 11 is 0.